The summed E-state index contributed by atoms with van der Waals surface area (Å²) in [5, 5.41) is 14.2. The van der Waals surface area contributed by atoms with Gasteiger partial charge in [-0.2, -0.15) is 11.3 Å². The Morgan fingerprint density at radius 2 is 2.33 bits per heavy atom. The second-order valence-electron chi connectivity index (χ2n) is 5.38. The standard InChI is InChI=1S/C16H18N2O2S/c19-15-3-6-18(16(20)9-13-4-7-21-11-13)14(15)8-12-2-1-5-17-10-12/h1-2,4-5,7,10-11,14-15,19H,3,6,8-9H2/t14-,15-/m0/s1. The second kappa shape index (κ2) is 6.37. The zero-order valence-electron chi connectivity index (χ0n) is 11.7. The highest BCUT2D eigenvalue weighted by Gasteiger charge is 2.35. The van der Waals surface area contributed by atoms with Crippen molar-refractivity contribution in [3.8, 4) is 0 Å². The number of hydrogen-bond acceptors (Lipinski definition) is 4. The quantitative estimate of drug-likeness (QED) is 0.938. The first-order chi connectivity index (χ1) is 10.2. The molecule has 0 bridgehead atoms. The number of pyridine rings is 1. The number of aliphatic hydroxyl groups excluding tert-OH is 1. The average Bonchev–Trinajstić information content (AvgIpc) is 3.11. The molecule has 5 heteroatoms. The average molecular weight is 302 g/mol. The lowest BCUT2D eigenvalue weighted by atomic mass is 10.0. The van der Waals surface area contributed by atoms with Gasteiger partial charge >= 0.3 is 0 Å². The van der Waals surface area contributed by atoms with Crippen molar-refractivity contribution in [2.75, 3.05) is 6.54 Å². The molecule has 2 atom stereocenters. The van der Waals surface area contributed by atoms with Gasteiger partial charge in [-0.1, -0.05) is 6.07 Å². The molecule has 1 saturated heterocycles. The Balaban J connectivity index is 1.70. The summed E-state index contributed by atoms with van der Waals surface area (Å²) in [5.74, 6) is 0.0961. The van der Waals surface area contributed by atoms with Gasteiger partial charge in [0.15, 0.2) is 0 Å². The number of aliphatic hydroxyl groups is 1. The van der Waals surface area contributed by atoms with Gasteiger partial charge in [0.25, 0.3) is 0 Å². The lowest BCUT2D eigenvalue weighted by Crippen LogP contribution is -2.41. The Labute approximate surface area is 128 Å². The van der Waals surface area contributed by atoms with Crippen molar-refractivity contribution in [3.63, 3.8) is 0 Å². The maximum absolute atomic E-state index is 12.5. The van der Waals surface area contributed by atoms with Crippen molar-refractivity contribution >= 4 is 17.2 Å². The van der Waals surface area contributed by atoms with E-state index in [-0.39, 0.29) is 11.9 Å². The fourth-order valence-electron chi connectivity index (χ4n) is 2.82. The third-order valence-corrected chi connectivity index (χ3v) is 4.67. The first-order valence-electron chi connectivity index (χ1n) is 7.11. The summed E-state index contributed by atoms with van der Waals surface area (Å²) < 4.78 is 0. The van der Waals surface area contributed by atoms with Crippen LogP contribution in [0.25, 0.3) is 0 Å². The second-order valence-corrected chi connectivity index (χ2v) is 6.16. The molecule has 1 aliphatic heterocycles. The minimum atomic E-state index is -0.448. The van der Waals surface area contributed by atoms with Crippen LogP contribution in [0.4, 0.5) is 0 Å². The fraction of sp³-hybridized carbons (Fsp3) is 0.375. The molecule has 2 aromatic heterocycles. The highest BCUT2D eigenvalue weighted by molar-refractivity contribution is 7.07. The topological polar surface area (TPSA) is 53.4 Å². The summed E-state index contributed by atoms with van der Waals surface area (Å²) in [4.78, 5) is 18.4. The Hall–Kier alpha value is -1.72. The van der Waals surface area contributed by atoms with Gasteiger partial charge in [0.1, 0.15) is 0 Å². The highest BCUT2D eigenvalue weighted by atomic mass is 32.1. The molecular weight excluding hydrogens is 284 g/mol. The molecular formula is C16H18N2O2S. The molecule has 0 unspecified atom stereocenters. The van der Waals surface area contributed by atoms with Crippen molar-refractivity contribution in [1.29, 1.82) is 0 Å². The third-order valence-electron chi connectivity index (χ3n) is 3.93. The lowest BCUT2D eigenvalue weighted by molar-refractivity contribution is -0.132. The van der Waals surface area contributed by atoms with Crippen molar-refractivity contribution in [1.82, 2.24) is 9.88 Å². The van der Waals surface area contributed by atoms with Gasteiger partial charge in [0, 0.05) is 18.9 Å². The third kappa shape index (κ3) is 3.31. The van der Waals surface area contributed by atoms with Gasteiger partial charge < -0.3 is 10.0 Å². The molecule has 0 saturated carbocycles. The Morgan fingerprint density at radius 1 is 1.43 bits per heavy atom. The van der Waals surface area contributed by atoms with Crippen molar-refractivity contribution in [2.45, 2.75) is 31.4 Å². The van der Waals surface area contributed by atoms with Gasteiger partial charge in [0.2, 0.25) is 5.91 Å². The van der Waals surface area contributed by atoms with Crippen LogP contribution in [0.1, 0.15) is 17.5 Å². The van der Waals surface area contributed by atoms with E-state index >= 15 is 0 Å². The van der Waals surface area contributed by atoms with Gasteiger partial charge in [0.05, 0.1) is 18.6 Å². The van der Waals surface area contributed by atoms with Crippen LogP contribution in [0.5, 0.6) is 0 Å². The Morgan fingerprint density at radius 3 is 3.05 bits per heavy atom. The molecule has 1 N–H and O–H groups in total. The fourth-order valence-corrected chi connectivity index (χ4v) is 3.49. The summed E-state index contributed by atoms with van der Waals surface area (Å²) in [5.41, 5.74) is 2.10. The summed E-state index contributed by atoms with van der Waals surface area (Å²) in [7, 11) is 0. The van der Waals surface area contributed by atoms with Crippen LogP contribution in [-0.2, 0) is 17.6 Å². The van der Waals surface area contributed by atoms with Gasteiger partial charge in [-0.15, -0.1) is 0 Å². The van der Waals surface area contributed by atoms with Gasteiger partial charge in [-0.3, -0.25) is 9.78 Å². The Kier molecular flexibility index (Phi) is 4.31. The Bertz CT molecular complexity index is 586. The largest absolute Gasteiger partial charge is 0.391 e. The molecule has 3 rings (SSSR count). The minimum Gasteiger partial charge on any atom is -0.391 e. The number of nitrogens with zero attached hydrogens (tertiary/aromatic N) is 2. The summed E-state index contributed by atoms with van der Waals surface area (Å²) >= 11 is 1.60. The van der Waals surface area contributed by atoms with Crippen LogP contribution >= 0.6 is 11.3 Å². The molecule has 21 heavy (non-hydrogen) atoms. The van der Waals surface area contributed by atoms with Crippen LogP contribution < -0.4 is 0 Å². The summed E-state index contributed by atoms with van der Waals surface area (Å²) in [6.07, 6.45) is 4.81. The van der Waals surface area contributed by atoms with Crippen LogP contribution in [-0.4, -0.2) is 39.6 Å². The molecule has 1 fully saturated rings. The number of carbonyl (C=O) groups excluding carboxylic acids is 1. The first-order valence-corrected chi connectivity index (χ1v) is 8.06. The molecule has 3 heterocycles. The van der Waals surface area contributed by atoms with E-state index in [0.29, 0.717) is 25.8 Å². The van der Waals surface area contributed by atoms with Crippen LogP contribution in [0.2, 0.25) is 0 Å². The maximum atomic E-state index is 12.5. The van der Waals surface area contributed by atoms with E-state index in [9.17, 15) is 9.90 Å². The summed E-state index contributed by atoms with van der Waals surface area (Å²) in [6.45, 7) is 0.634. The van der Waals surface area contributed by atoms with E-state index in [1.807, 2.05) is 33.9 Å². The predicted molar refractivity (Wildman–Crippen MR) is 82.1 cm³/mol. The van der Waals surface area contributed by atoms with Gasteiger partial charge in [-0.05, 0) is 46.9 Å². The highest BCUT2D eigenvalue weighted by Crippen LogP contribution is 2.23. The summed E-state index contributed by atoms with van der Waals surface area (Å²) in [6, 6.07) is 5.71. The van der Waals surface area contributed by atoms with Crippen molar-refractivity contribution < 1.29 is 9.90 Å². The molecule has 1 aliphatic rings. The monoisotopic (exact) mass is 302 g/mol. The zero-order chi connectivity index (χ0) is 14.7. The van der Waals surface area contributed by atoms with E-state index in [0.717, 1.165) is 11.1 Å². The number of aromatic nitrogens is 1. The van der Waals surface area contributed by atoms with Crippen LogP contribution in [0.3, 0.4) is 0 Å². The molecule has 110 valence electrons. The smallest absolute Gasteiger partial charge is 0.227 e. The van der Waals surface area contributed by atoms with E-state index < -0.39 is 6.10 Å². The maximum Gasteiger partial charge on any atom is 0.227 e. The van der Waals surface area contributed by atoms with E-state index in [1.54, 1.807) is 23.7 Å². The molecule has 0 aromatic carbocycles. The minimum absolute atomic E-state index is 0.0961. The molecule has 4 nitrogen and oxygen atoms in total. The molecule has 0 radical (unpaired) electrons. The molecule has 0 aliphatic carbocycles. The number of amides is 1. The van der Waals surface area contributed by atoms with E-state index in [4.69, 9.17) is 0 Å². The SMILES string of the molecule is O=C(Cc1ccsc1)N1CC[C@H](O)[C@@H]1Cc1cccnc1. The predicted octanol–water partition coefficient (Wildman–Crippen LogP) is 1.89. The van der Waals surface area contributed by atoms with E-state index in [1.165, 1.54) is 0 Å². The number of thiophene rings is 1. The van der Waals surface area contributed by atoms with Crippen LogP contribution in [0, 0.1) is 0 Å². The van der Waals surface area contributed by atoms with Crippen molar-refractivity contribution in [2.24, 2.45) is 0 Å². The normalized spacial score (nSPS) is 21.7. The number of rotatable bonds is 4. The molecule has 1 amide bonds. The molecule has 0 spiro atoms. The van der Waals surface area contributed by atoms with Crippen LogP contribution in [0.15, 0.2) is 41.4 Å². The van der Waals surface area contributed by atoms with E-state index in [2.05, 4.69) is 4.98 Å². The van der Waals surface area contributed by atoms with Crippen molar-refractivity contribution in [3.05, 3.63) is 52.5 Å². The van der Waals surface area contributed by atoms with Gasteiger partial charge in [-0.25, -0.2) is 0 Å². The zero-order valence-corrected chi connectivity index (χ0v) is 12.5. The first kappa shape index (κ1) is 14.2. The number of carbonyl (C=O) groups is 1. The number of likely N-dealkylation sites (tertiary alicyclic amines) is 1. The lowest BCUT2D eigenvalue weighted by Gasteiger charge is -2.26. The molecule has 2 aromatic rings. The number of hydrogen-bond donors (Lipinski definition) is 1.